The summed E-state index contributed by atoms with van der Waals surface area (Å²) in [7, 11) is 0. The molecular formula is C11H17N3O4. The predicted octanol–water partition coefficient (Wildman–Crippen LogP) is -0.896. The Labute approximate surface area is 104 Å². The Bertz CT molecular complexity index is 483. The molecular weight excluding hydrogens is 238 g/mol. The van der Waals surface area contributed by atoms with E-state index in [2.05, 4.69) is 4.98 Å². The first-order valence-corrected chi connectivity index (χ1v) is 5.74. The monoisotopic (exact) mass is 255 g/mol. The van der Waals surface area contributed by atoms with Crippen LogP contribution in [0.2, 0.25) is 0 Å². The average molecular weight is 255 g/mol. The summed E-state index contributed by atoms with van der Waals surface area (Å²) in [6, 6.07) is 1.51. The lowest BCUT2D eigenvalue weighted by Crippen LogP contribution is -2.36. The van der Waals surface area contributed by atoms with Crippen molar-refractivity contribution >= 4 is 5.82 Å². The van der Waals surface area contributed by atoms with Gasteiger partial charge in [-0.3, -0.25) is 4.57 Å². The minimum atomic E-state index is -0.731. The lowest BCUT2D eigenvalue weighted by molar-refractivity contribution is -0.0367. The van der Waals surface area contributed by atoms with Crippen molar-refractivity contribution in [3.05, 3.63) is 22.7 Å². The third kappa shape index (κ3) is 2.00. The summed E-state index contributed by atoms with van der Waals surface area (Å²) < 4.78 is 6.95. The van der Waals surface area contributed by atoms with Gasteiger partial charge in [-0.05, 0) is 13.0 Å². The Kier molecular flexibility index (Phi) is 3.38. The number of nitrogens with two attached hydrogens (primary N) is 1. The van der Waals surface area contributed by atoms with Crippen LogP contribution < -0.4 is 11.4 Å². The Morgan fingerprint density at radius 1 is 1.61 bits per heavy atom. The SMILES string of the molecule is C[C@H]1O[C@H](n2ccc(N)nc2=O)CC1(CO)CO. The number of nitrogens with zero attached hydrogens (tertiary/aromatic N) is 2. The van der Waals surface area contributed by atoms with Gasteiger partial charge >= 0.3 is 5.69 Å². The Balaban J connectivity index is 2.30. The van der Waals surface area contributed by atoms with Gasteiger partial charge in [-0.25, -0.2) is 4.79 Å². The van der Waals surface area contributed by atoms with E-state index in [1.54, 1.807) is 6.92 Å². The van der Waals surface area contributed by atoms with Gasteiger partial charge in [0.1, 0.15) is 12.0 Å². The van der Waals surface area contributed by atoms with Crippen LogP contribution in [-0.4, -0.2) is 39.1 Å². The maximum atomic E-state index is 11.7. The number of hydrogen-bond acceptors (Lipinski definition) is 6. The van der Waals surface area contributed by atoms with Crippen molar-refractivity contribution in [2.24, 2.45) is 5.41 Å². The number of aliphatic hydroxyl groups is 2. The fraction of sp³-hybridized carbons (Fsp3) is 0.636. The molecule has 0 spiro atoms. The zero-order valence-corrected chi connectivity index (χ0v) is 10.1. The molecule has 0 aromatic carbocycles. The maximum absolute atomic E-state index is 11.7. The molecule has 0 aliphatic carbocycles. The fourth-order valence-corrected chi connectivity index (χ4v) is 2.19. The quantitative estimate of drug-likeness (QED) is 0.646. The summed E-state index contributed by atoms with van der Waals surface area (Å²) in [5.41, 5.74) is 4.18. The molecule has 0 radical (unpaired) electrons. The number of nitrogen functional groups attached to an aromatic ring is 1. The van der Waals surface area contributed by atoms with Crippen LogP contribution in [0, 0.1) is 5.41 Å². The Hall–Kier alpha value is -1.44. The van der Waals surface area contributed by atoms with E-state index in [1.807, 2.05) is 0 Å². The number of hydrogen-bond donors (Lipinski definition) is 3. The van der Waals surface area contributed by atoms with Crippen molar-refractivity contribution in [3.8, 4) is 0 Å². The van der Waals surface area contributed by atoms with E-state index in [9.17, 15) is 15.0 Å². The molecule has 1 aromatic rings. The third-order valence-corrected chi connectivity index (χ3v) is 3.60. The lowest BCUT2D eigenvalue weighted by Gasteiger charge is -2.26. The van der Waals surface area contributed by atoms with E-state index < -0.39 is 17.3 Å². The van der Waals surface area contributed by atoms with Crippen LogP contribution in [0.1, 0.15) is 19.6 Å². The fourth-order valence-electron chi connectivity index (χ4n) is 2.19. The maximum Gasteiger partial charge on any atom is 0.351 e. The van der Waals surface area contributed by atoms with Crippen molar-refractivity contribution in [3.63, 3.8) is 0 Å². The van der Waals surface area contributed by atoms with Gasteiger partial charge in [-0.15, -0.1) is 0 Å². The van der Waals surface area contributed by atoms with Crippen LogP contribution in [0.15, 0.2) is 17.1 Å². The van der Waals surface area contributed by atoms with Crippen LogP contribution in [0.3, 0.4) is 0 Å². The van der Waals surface area contributed by atoms with E-state index in [0.717, 1.165) is 0 Å². The van der Waals surface area contributed by atoms with E-state index in [1.165, 1.54) is 16.8 Å². The summed E-state index contributed by atoms with van der Waals surface area (Å²) >= 11 is 0. The Morgan fingerprint density at radius 2 is 2.28 bits per heavy atom. The summed E-state index contributed by atoms with van der Waals surface area (Å²) in [4.78, 5) is 15.3. The van der Waals surface area contributed by atoms with Crippen molar-refractivity contribution < 1.29 is 14.9 Å². The zero-order chi connectivity index (χ0) is 13.3. The summed E-state index contributed by atoms with van der Waals surface area (Å²) in [5.74, 6) is 0.151. The highest BCUT2D eigenvalue weighted by atomic mass is 16.5. The molecule has 1 fully saturated rings. The molecule has 0 saturated carbocycles. The van der Waals surface area contributed by atoms with Gasteiger partial charge in [-0.2, -0.15) is 4.98 Å². The summed E-state index contributed by atoms with van der Waals surface area (Å²) in [6.07, 6.45) is 0.973. The number of ether oxygens (including phenoxy) is 1. The molecule has 1 saturated heterocycles. The highest BCUT2D eigenvalue weighted by molar-refractivity contribution is 5.23. The molecule has 1 aliphatic heterocycles. The topological polar surface area (TPSA) is 111 Å². The van der Waals surface area contributed by atoms with Gasteiger partial charge in [-0.1, -0.05) is 0 Å². The molecule has 4 N–H and O–H groups in total. The van der Waals surface area contributed by atoms with E-state index in [0.29, 0.717) is 6.42 Å². The van der Waals surface area contributed by atoms with Crippen molar-refractivity contribution in [2.45, 2.75) is 25.7 Å². The van der Waals surface area contributed by atoms with Crippen LogP contribution in [0.25, 0.3) is 0 Å². The van der Waals surface area contributed by atoms with Gasteiger partial charge in [0, 0.05) is 18.0 Å². The minimum Gasteiger partial charge on any atom is -0.396 e. The van der Waals surface area contributed by atoms with Crippen molar-refractivity contribution in [2.75, 3.05) is 18.9 Å². The first kappa shape index (κ1) is 13.0. The molecule has 18 heavy (non-hydrogen) atoms. The number of aliphatic hydroxyl groups excluding tert-OH is 2. The lowest BCUT2D eigenvalue weighted by atomic mass is 9.83. The van der Waals surface area contributed by atoms with Crippen molar-refractivity contribution in [1.82, 2.24) is 9.55 Å². The van der Waals surface area contributed by atoms with Gasteiger partial charge < -0.3 is 20.7 Å². The standard InChI is InChI=1S/C11H17N3O4/c1-7-11(5-15,6-16)4-9(18-7)14-3-2-8(12)13-10(14)17/h2-3,7,9,15-16H,4-6H2,1H3,(H2,12,13,17)/t7-,9+/m1/s1. The van der Waals surface area contributed by atoms with E-state index >= 15 is 0 Å². The third-order valence-electron chi connectivity index (χ3n) is 3.60. The molecule has 1 aliphatic rings. The molecule has 2 heterocycles. The molecule has 2 atom stereocenters. The molecule has 0 bridgehead atoms. The largest absolute Gasteiger partial charge is 0.396 e. The Morgan fingerprint density at radius 3 is 2.78 bits per heavy atom. The van der Waals surface area contributed by atoms with Gasteiger partial charge in [0.2, 0.25) is 0 Å². The number of anilines is 1. The molecule has 7 nitrogen and oxygen atoms in total. The summed E-state index contributed by atoms with van der Waals surface area (Å²) in [6.45, 7) is 1.37. The van der Waals surface area contributed by atoms with Gasteiger partial charge in [0.05, 0.1) is 19.3 Å². The van der Waals surface area contributed by atoms with Crippen LogP contribution in [-0.2, 0) is 4.74 Å². The van der Waals surface area contributed by atoms with E-state index in [-0.39, 0.29) is 25.1 Å². The molecule has 2 rings (SSSR count). The molecule has 100 valence electrons. The predicted molar refractivity (Wildman–Crippen MR) is 63.7 cm³/mol. The molecule has 0 unspecified atom stereocenters. The average Bonchev–Trinajstić information content (AvgIpc) is 2.67. The second-order valence-electron chi connectivity index (χ2n) is 4.66. The molecule has 0 amide bonds. The first-order chi connectivity index (χ1) is 8.52. The summed E-state index contributed by atoms with van der Waals surface area (Å²) in [5, 5.41) is 18.8. The van der Waals surface area contributed by atoms with Crippen LogP contribution in [0.5, 0.6) is 0 Å². The van der Waals surface area contributed by atoms with Crippen molar-refractivity contribution in [1.29, 1.82) is 0 Å². The van der Waals surface area contributed by atoms with Crippen LogP contribution >= 0.6 is 0 Å². The normalized spacial score (nSPS) is 26.4. The first-order valence-electron chi connectivity index (χ1n) is 5.74. The zero-order valence-electron chi connectivity index (χ0n) is 10.1. The minimum absolute atomic E-state index is 0.151. The highest BCUT2D eigenvalue weighted by Crippen LogP contribution is 2.42. The highest BCUT2D eigenvalue weighted by Gasteiger charge is 2.46. The smallest absolute Gasteiger partial charge is 0.351 e. The van der Waals surface area contributed by atoms with Gasteiger partial charge in [0.25, 0.3) is 0 Å². The molecule has 1 aromatic heterocycles. The van der Waals surface area contributed by atoms with Crippen LogP contribution in [0.4, 0.5) is 5.82 Å². The number of rotatable bonds is 3. The second kappa shape index (κ2) is 4.68. The molecule has 7 heteroatoms. The van der Waals surface area contributed by atoms with Gasteiger partial charge in [0.15, 0.2) is 0 Å². The van der Waals surface area contributed by atoms with E-state index in [4.69, 9.17) is 10.5 Å². The number of aromatic nitrogens is 2. The second-order valence-corrected chi connectivity index (χ2v) is 4.66.